The van der Waals surface area contributed by atoms with Gasteiger partial charge in [0.25, 0.3) is 5.95 Å². The van der Waals surface area contributed by atoms with Gasteiger partial charge >= 0.3 is 0 Å². The summed E-state index contributed by atoms with van der Waals surface area (Å²) in [5, 5.41) is 32.0. The topological polar surface area (TPSA) is 123 Å². The van der Waals surface area contributed by atoms with Crippen LogP contribution in [0, 0.1) is 17.0 Å². The van der Waals surface area contributed by atoms with E-state index in [0.717, 1.165) is 29.8 Å². The number of aliphatic hydroxyl groups is 2. The quantitative estimate of drug-likeness (QED) is 0.410. The number of hydrogen-bond donors (Lipinski definition) is 2. The van der Waals surface area contributed by atoms with Gasteiger partial charge in [0.1, 0.15) is 18.0 Å². The Morgan fingerprint density at radius 1 is 1.14 bits per heavy atom. The highest BCUT2D eigenvalue weighted by atomic mass is 19.1. The van der Waals surface area contributed by atoms with E-state index in [1.54, 1.807) is 12.3 Å². The first-order valence-corrected chi connectivity index (χ1v) is 12.1. The minimum absolute atomic E-state index is 0.107. The Hall–Kier alpha value is -3.70. The fraction of sp³-hybridized carbons (Fsp3) is 0.385. The first kappa shape index (κ1) is 23.7. The van der Waals surface area contributed by atoms with Crippen LogP contribution in [0.5, 0.6) is 0 Å². The van der Waals surface area contributed by atoms with E-state index in [4.69, 9.17) is 10.1 Å². The SMILES string of the molecule is CC1(C)[C@H]2CC[C@]1(c1ccnc(-n3cnc(C[C@H](O)CO)n3)n1)c1nnc(-c3c(F)cccc3F)cc12. The molecule has 3 atom stereocenters. The maximum absolute atomic E-state index is 14.5. The van der Waals surface area contributed by atoms with Gasteiger partial charge in [-0.3, -0.25) is 0 Å². The maximum Gasteiger partial charge on any atom is 0.252 e. The van der Waals surface area contributed by atoms with Crippen molar-refractivity contribution in [3.8, 4) is 17.2 Å². The summed E-state index contributed by atoms with van der Waals surface area (Å²) in [5.74, 6) is -0.561. The third-order valence-electron chi connectivity index (χ3n) is 8.05. The zero-order valence-electron chi connectivity index (χ0n) is 20.3. The van der Waals surface area contributed by atoms with Crippen LogP contribution in [0.25, 0.3) is 17.2 Å². The van der Waals surface area contributed by atoms with E-state index >= 15 is 0 Å². The predicted octanol–water partition coefficient (Wildman–Crippen LogP) is 2.89. The molecule has 9 nitrogen and oxygen atoms in total. The van der Waals surface area contributed by atoms with Gasteiger partial charge in [-0.2, -0.15) is 9.78 Å². The molecular weight excluding hydrogens is 480 g/mol. The number of rotatable bonds is 6. The average Bonchev–Trinajstić information content (AvgIpc) is 3.51. The highest BCUT2D eigenvalue weighted by molar-refractivity contribution is 5.64. The molecule has 0 spiro atoms. The smallest absolute Gasteiger partial charge is 0.252 e. The highest BCUT2D eigenvalue weighted by Crippen LogP contribution is 2.69. The van der Waals surface area contributed by atoms with Gasteiger partial charge in [0.05, 0.1) is 40.8 Å². The molecule has 0 unspecified atom stereocenters. The van der Waals surface area contributed by atoms with Crippen LogP contribution in [-0.4, -0.2) is 57.9 Å². The molecule has 0 radical (unpaired) electrons. The summed E-state index contributed by atoms with van der Waals surface area (Å²) in [4.78, 5) is 13.4. The van der Waals surface area contributed by atoms with Crippen LogP contribution in [0.4, 0.5) is 8.78 Å². The summed E-state index contributed by atoms with van der Waals surface area (Å²) in [6, 6.07) is 7.40. The van der Waals surface area contributed by atoms with Gasteiger partial charge in [-0.25, -0.2) is 23.7 Å². The third kappa shape index (κ3) is 3.41. The van der Waals surface area contributed by atoms with Crippen LogP contribution >= 0.6 is 0 Å². The number of aromatic nitrogens is 7. The predicted molar refractivity (Wildman–Crippen MR) is 128 cm³/mol. The largest absolute Gasteiger partial charge is 0.394 e. The van der Waals surface area contributed by atoms with Crippen molar-refractivity contribution in [2.45, 2.75) is 50.5 Å². The summed E-state index contributed by atoms with van der Waals surface area (Å²) in [7, 11) is 0. The van der Waals surface area contributed by atoms with Gasteiger partial charge in [-0.15, -0.1) is 10.2 Å². The first-order chi connectivity index (χ1) is 17.8. The summed E-state index contributed by atoms with van der Waals surface area (Å²) in [6.07, 6.45) is 3.95. The molecule has 190 valence electrons. The molecule has 0 aliphatic heterocycles. The molecule has 0 saturated heterocycles. The molecule has 37 heavy (non-hydrogen) atoms. The number of aliphatic hydroxyl groups excluding tert-OH is 2. The molecule has 1 saturated carbocycles. The number of nitrogens with zero attached hydrogens (tertiary/aromatic N) is 7. The van der Waals surface area contributed by atoms with Crippen LogP contribution in [0.3, 0.4) is 0 Å². The van der Waals surface area contributed by atoms with Crippen LogP contribution in [0.1, 0.15) is 55.4 Å². The zero-order valence-corrected chi connectivity index (χ0v) is 20.3. The summed E-state index contributed by atoms with van der Waals surface area (Å²) in [6.45, 7) is 3.95. The molecule has 0 amide bonds. The van der Waals surface area contributed by atoms with Crippen LogP contribution in [0.2, 0.25) is 0 Å². The van der Waals surface area contributed by atoms with E-state index in [-0.39, 0.29) is 35.6 Å². The molecule has 2 bridgehead atoms. The van der Waals surface area contributed by atoms with E-state index < -0.39 is 23.2 Å². The lowest BCUT2D eigenvalue weighted by molar-refractivity contribution is 0.0939. The lowest BCUT2D eigenvalue weighted by Gasteiger charge is -2.37. The second-order valence-corrected chi connectivity index (χ2v) is 10.2. The van der Waals surface area contributed by atoms with Crippen LogP contribution in [0.15, 0.2) is 42.9 Å². The minimum Gasteiger partial charge on any atom is -0.394 e. The maximum atomic E-state index is 14.5. The molecule has 6 rings (SSSR count). The average molecular weight is 506 g/mol. The summed E-state index contributed by atoms with van der Waals surface area (Å²) < 4.78 is 30.4. The standard InChI is InChI=1S/C26H25F2N7O2/c1-25(2)16-6-8-26(25,23-15(16)11-19(32-33-23)22-17(27)4-3-5-18(22)28)20-7-9-29-24(31-20)35-13-30-21(34-35)10-14(37)12-36/h3-5,7,9,11,13-14,16,36-37H,6,8,10,12H2,1-2H3/t14-,16-,26-/m0/s1. The van der Waals surface area contributed by atoms with Crippen molar-refractivity contribution in [3.63, 3.8) is 0 Å². The zero-order chi connectivity index (χ0) is 25.9. The molecule has 2 aliphatic carbocycles. The molecule has 11 heteroatoms. The Balaban J connectivity index is 1.43. The van der Waals surface area contributed by atoms with Crippen molar-refractivity contribution >= 4 is 0 Å². The second-order valence-electron chi connectivity index (χ2n) is 10.2. The fourth-order valence-electron chi connectivity index (χ4n) is 6.22. The van der Waals surface area contributed by atoms with E-state index in [2.05, 4.69) is 39.1 Å². The number of fused-ring (bicyclic) bond motifs is 5. The Labute approximate surface area is 211 Å². The fourth-order valence-corrected chi connectivity index (χ4v) is 6.22. The number of halogens is 2. The second kappa shape index (κ2) is 8.42. The van der Waals surface area contributed by atoms with Gasteiger partial charge in [0.15, 0.2) is 5.82 Å². The molecule has 3 aromatic heterocycles. The first-order valence-electron chi connectivity index (χ1n) is 12.1. The Morgan fingerprint density at radius 2 is 1.92 bits per heavy atom. The molecule has 2 aliphatic rings. The van der Waals surface area contributed by atoms with Crippen LogP contribution in [-0.2, 0) is 11.8 Å². The molecule has 1 aromatic carbocycles. The summed E-state index contributed by atoms with van der Waals surface area (Å²) >= 11 is 0. The molecule has 2 N–H and O–H groups in total. The van der Waals surface area contributed by atoms with Crippen molar-refractivity contribution in [3.05, 3.63) is 77.3 Å². The Morgan fingerprint density at radius 3 is 2.68 bits per heavy atom. The summed E-state index contributed by atoms with van der Waals surface area (Å²) in [5.41, 5.74) is 1.60. The molecule has 3 heterocycles. The normalized spacial score (nSPS) is 22.3. The van der Waals surface area contributed by atoms with E-state index in [9.17, 15) is 13.9 Å². The highest BCUT2D eigenvalue weighted by Gasteiger charge is 2.65. The Kier molecular flexibility index (Phi) is 5.39. The number of benzene rings is 1. The minimum atomic E-state index is -0.950. The lowest BCUT2D eigenvalue weighted by Crippen LogP contribution is -2.38. The van der Waals surface area contributed by atoms with Crippen molar-refractivity contribution in [1.82, 2.24) is 34.9 Å². The van der Waals surface area contributed by atoms with E-state index in [0.29, 0.717) is 11.8 Å². The van der Waals surface area contributed by atoms with Crippen molar-refractivity contribution in [2.75, 3.05) is 6.61 Å². The van der Waals surface area contributed by atoms with Gasteiger partial charge in [-0.1, -0.05) is 19.9 Å². The lowest BCUT2D eigenvalue weighted by atomic mass is 9.66. The Bertz CT molecular complexity index is 1490. The van der Waals surface area contributed by atoms with E-state index in [1.165, 1.54) is 29.2 Å². The van der Waals surface area contributed by atoms with Crippen LogP contribution < -0.4 is 0 Å². The van der Waals surface area contributed by atoms with E-state index in [1.807, 2.05) is 6.07 Å². The van der Waals surface area contributed by atoms with Crippen molar-refractivity contribution in [1.29, 1.82) is 0 Å². The van der Waals surface area contributed by atoms with Crippen molar-refractivity contribution < 1.29 is 19.0 Å². The monoisotopic (exact) mass is 505 g/mol. The molecule has 1 fully saturated rings. The number of hydrogen-bond acceptors (Lipinski definition) is 8. The van der Waals surface area contributed by atoms with Gasteiger partial charge < -0.3 is 10.2 Å². The molecule has 4 aromatic rings. The van der Waals surface area contributed by atoms with Crippen molar-refractivity contribution in [2.24, 2.45) is 5.41 Å². The van der Waals surface area contributed by atoms with Gasteiger partial charge in [-0.05, 0) is 54.0 Å². The third-order valence-corrected chi connectivity index (χ3v) is 8.05. The van der Waals surface area contributed by atoms with Gasteiger partial charge in [0, 0.05) is 12.6 Å². The molecular formula is C26H25F2N7O2. The van der Waals surface area contributed by atoms with Gasteiger partial charge in [0.2, 0.25) is 0 Å².